The number of non-ortho nitro benzene ring substituents is 1. The molecule has 0 aliphatic rings. The lowest BCUT2D eigenvalue weighted by Gasteiger charge is -1.95. The topological polar surface area (TPSA) is 55.2 Å². The molecule has 58 valence electrons. The molecule has 1 N–H and O–H groups in total. The van der Waals surface area contributed by atoms with Crippen LogP contribution in [0.25, 0.3) is 0 Å². The molecule has 4 nitrogen and oxygen atoms in total. The molecular weight excluding hydrogens is 259 g/mol. The van der Waals surface area contributed by atoms with Crippen LogP contribution in [0.4, 0.5) is 11.4 Å². The first-order valence-electron chi connectivity index (χ1n) is 2.85. The van der Waals surface area contributed by atoms with Gasteiger partial charge in [-0.05, 0) is 12.1 Å². The molecule has 0 aliphatic heterocycles. The Balaban J connectivity index is 2.91. The van der Waals surface area contributed by atoms with Gasteiger partial charge in [0.1, 0.15) is 0 Å². The van der Waals surface area contributed by atoms with Crippen molar-refractivity contribution >= 4 is 34.2 Å². The van der Waals surface area contributed by atoms with E-state index in [0.29, 0.717) is 0 Å². The van der Waals surface area contributed by atoms with Gasteiger partial charge in [0.25, 0.3) is 5.69 Å². The van der Waals surface area contributed by atoms with Crippen molar-refractivity contribution in [2.24, 2.45) is 0 Å². The lowest BCUT2D eigenvalue weighted by Crippen LogP contribution is -1.87. The van der Waals surface area contributed by atoms with E-state index in [0.717, 1.165) is 5.69 Å². The van der Waals surface area contributed by atoms with E-state index in [-0.39, 0.29) is 5.69 Å². The van der Waals surface area contributed by atoms with Crippen LogP contribution in [0.3, 0.4) is 0 Å². The van der Waals surface area contributed by atoms with Crippen molar-refractivity contribution in [1.82, 2.24) is 0 Å². The van der Waals surface area contributed by atoms with Gasteiger partial charge in [0.2, 0.25) is 0 Å². The fourth-order valence-electron chi connectivity index (χ4n) is 0.646. The SMILES string of the molecule is O=[N+]([O-])c1ccc(NI)cc1. The van der Waals surface area contributed by atoms with Crippen molar-refractivity contribution in [3.63, 3.8) is 0 Å². The minimum absolute atomic E-state index is 0.111. The molecule has 1 aromatic rings. The van der Waals surface area contributed by atoms with Gasteiger partial charge in [0.15, 0.2) is 0 Å². The van der Waals surface area contributed by atoms with Gasteiger partial charge in [-0.15, -0.1) is 0 Å². The second-order valence-corrected chi connectivity index (χ2v) is 2.44. The van der Waals surface area contributed by atoms with Crippen LogP contribution < -0.4 is 3.53 Å². The molecule has 5 heteroatoms. The highest BCUT2D eigenvalue weighted by Crippen LogP contribution is 2.15. The average Bonchev–Trinajstić information content (AvgIpc) is 2.05. The summed E-state index contributed by atoms with van der Waals surface area (Å²) in [6.45, 7) is 0. The molecule has 0 radical (unpaired) electrons. The number of nitro groups is 1. The highest BCUT2D eigenvalue weighted by atomic mass is 127. The molecule has 0 unspecified atom stereocenters. The number of anilines is 1. The molecule has 0 heterocycles. The summed E-state index contributed by atoms with van der Waals surface area (Å²) in [5.74, 6) is 0. The normalized spacial score (nSPS) is 9.18. The van der Waals surface area contributed by atoms with E-state index in [1.54, 1.807) is 12.1 Å². The lowest BCUT2D eigenvalue weighted by molar-refractivity contribution is -0.384. The largest absolute Gasteiger partial charge is 0.328 e. The fourth-order valence-corrected chi connectivity index (χ4v) is 1.01. The highest BCUT2D eigenvalue weighted by Gasteiger charge is 2.01. The van der Waals surface area contributed by atoms with Crippen LogP contribution in [0.2, 0.25) is 0 Å². The zero-order valence-corrected chi connectivity index (χ0v) is 7.61. The maximum Gasteiger partial charge on any atom is 0.269 e. The van der Waals surface area contributed by atoms with Gasteiger partial charge in [-0.25, -0.2) is 0 Å². The monoisotopic (exact) mass is 264 g/mol. The summed E-state index contributed by atoms with van der Waals surface area (Å²) < 4.78 is 2.84. The second-order valence-electron chi connectivity index (χ2n) is 1.90. The molecule has 11 heavy (non-hydrogen) atoms. The van der Waals surface area contributed by atoms with Gasteiger partial charge in [-0.1, -0.05) is 0 Å². The first-order valence-corrected chi connectivity index (χ1v) is 3.93. The van der Waals surface area contributed by atoms with Gasteiger partial charge in [0.05, 0.1) is 27.8 Å². The number of rotatable bonds is 2. The van der Waals surface area contributed by atoms with Crippen LogP contribution in [0.1, 0.15) is 0 Å². The molecule has 0 spiro atoms. The maximum absolute atomic E-state index is 10.2. The first-order chi connectivity index (χ1) is 5.24. The van der Waals surface area contributed by atoms with Crippen LogP contribution in [0.15, 0.2) is 24.3 Å². The molecule has 1 aromatic carbocycles. The number of nitrogens with one attached hydrogen (secondary N) is 1. The number of benzene rings is 1. The van der Waals surface area contributed by atoms with Crippen LogP contribution in [-0.2, 0) is 0 Å². The van der Waals surface area contributed by atoms with E-state index in [4.69, 9.17) is 0 Å². The van der Waals surface area contributed by atoms with Crippen molar-refractivity contribution in [3.05, 3.63) is 34.4 Å². The van der Waals surface area contributed by atoms with E-state index in [9.17, 15) is 10.1 Å². The number of nitro benzene ring substituents is 1. The van der Waals surface area contributed by atoms with Crippen molar-refractivity contribution in [2.45, 2.75) is 0 Å². The van der Waals surface area contributed by atoms with Crippen molar-refractivity contribution in [3.8, 4) is 0 Å². The Bertz CT molecular complexity index is 260. The molecule has 0 fully saturated rings. The Morgan fingerprint density at radius 2 is 1.91 bits per heavy atom. The van der Waals surface area contributed by atoms with E-state index in [1.165, 1.54) is 12.1 Å². The van der Waals surface area contributed by atoms with Gasteiger partial charge in [-0.3, -0.25) is 10.1 Å². The predicted molar refractivity (Wildman–Crippen MR) is 50.7 cm³/mol. The van der Waals surface area contributed by atoms with Crippen molar-refractivity contribution in [1.29, 1.82) is 0 Å². The maximum atomic E-state index is 10.2. The number of hydrogen-bond acceptors (Lipinski definition) is 3. The lowest BCUT2D eigenvalue weighted by atomic mass is 10.3. The van der Waals surface area contributed by atoms with E-state index < -0.39 is 4.92 Å². The summed E-state index contributed by atoms with van der Waals surface area (Å²) in [5, 5.41) is 10.2. The Morgan fingerprint density at radius 3 is 2.27 bits per heavy atom. The van der Waals surface area contributed by atoms with E-state index in [1.807, 2.05) is 22.9 Å². The first kappa shape index (κ1) is 8.25. The standard InChI is InChI=1S/C6H5IN2O2/c7-8-5-1-3-6(4-2-5)9(10)11/h1-4,8H. The van der Waals surface area contributed by atoms with Crippen LogP contribution >= 0.6 is 22.9 Å². The van der Waals surface area contributed by atoms with Gasteiger partial charge in [-0.2, -0.15) is 0 Å². The number of nitrogens with zero attached hydrogens (tertiary/aromatic N) is 1. The van der Waals surface area contributed by atoms with Gasteiger partial charge >= 0.3 is 0 Å². The summed E-state index contributed by atoms with van der Waals surface area (Å²) in [6, 6.07) is 6.23. The summed E-state index contributed by atoms with van der Waals surface area (Å²) in [6.07, 6.45) is 0. The molecule has 0 aliphatic carbocycles. The summed E-state index contributed by atoms with van der Waals surface area (Å²) in [7, 11) is 0. The van der Waals surface area contributed by atoms with E-state index >= 15 is 0 Å². The fraction of sp³-hybridized carbons (Fsp3) is 0. The predicted octanol–water partition coefficient (Wildman–Crippen LogP) is 2.36. The quantitative estimate of drug-likeness (QED) is 0.386. The highest BCUT2D eigenvalue weighted by molar-refractivity contribution is 14.1. The smallest absolute Gasteiger partial charge is 0.269 e. The Hall–Kier alpha value is -0.850. The molecule has 0 saturated heterocycles. The van der Waals surface area contributed by atoms with Crippen molar-refractivity contribution in [2.75, 3.05) is 3.53 Å². The van der Waals surface area contributed by atoms with Crippen LogP contribution in [-0.4, -0.2) is 4.92 Å². The zero-order valence-electron chi connectivity index (χ0n) is 5.45. The third kappa shape index (κ3) is 2.04. The summed E-state index contributed by atoms with van der Waals surface area (Å²) >= 11 is 1.96. The Labute approximate surface area is 77.3 Å². The molecule has 0 atom stereocenters. The minimum atomic E-state index is -0.420. The van der Waals surface area contributed by atoms with Crippen molar-refractivity contribution < 1.29 is 4.92 Å². The number of hydrogen-bond donors (Lipinski definition) is 1. The molecular formula is C6H5IN2O2. The minimum Gasteiger partial charge on any atom is -0.328 e. The number of halogens is 1. The van der Waals surface area contributed by atoms with Crippen LogP contribution in [0.5, 0.6) is 0 Å². The second kappa shape index (κ2) is 3.51. The molecule has 0 aromatic heterocycles. The third-order valence-corrected chi connectivity index (χ3v) is 1.81. The van der Waals surface area contributed by atoms with E-state index in [2.05, 4.69) is 3.53 Å². The molecule has 0 amide bonds. The molecule has 1 rings (SSSR count). The third-order valence-electron chi connectivity index (χ3n) is 1.19. The Kier molecular flexibility index (Phi) is 2.64. The zero-order chi connectivity index (χ0) is 8.27. The average molecular weight is 264 g/mol. The molecule has 0 saturated carbocycles. The van der Waals surface area contributed by atoms with Crippen LogP contribution in [0, 0.1) is 10.1 Å². The molecule has 0 bridgehead atoms. The Morgan fingerprint density at radius 1 is 1.36 bits per heavy atom. The van der Waals surface area contributed by atoms with Gasteiger partial charge in [0, 0.05) is 17.8 Å². The van der Waals surface area contributed by atoms with Gasteiger partial charge < -0.3 is 3.53 Å². The summed E-state index contributed by atoms with van der Waals surface area (Å²) in [5.41, 5.74) is 0.969. The summed E-state index contributed by atoms with van der Waals surface area (Å²) in [4.78, 5) is 9.76.